The fraction of sp³-hybridized carbons (Fsp3) is 0.200. The Balaban J connectivity index is 3.51. The van der Waals surface area contributed by atoms with Crippen LogP contribution in [0.4, 0.5) is 0 Å². The third kappa shape index (κ3) is 1.85. The third-order valence-electron chi connectivity index (χ3n) is 1.83. The Morgan fingerprint density at radius 2 is 2.14 bits per heavy atom. The van der Waals surface area contributed by atoms with Crippen LogP contribution in [0.2, 0.25) is 0 Å². The van der Waals surface area contributed by atoms with Crippen molar-refractivity contribution < 1.29 is 14.3 Å². The van der Waals surface area contributed by atoms with Crippen LogP contribution in [-0.2, 0) is 0 Å². The van der Waals surface area contributed by atoms with Gasteiger partial charge in [-0.05, 0) is 35.0 Å². The van der Waals surface area contributed by atoms with E-state index in [4.69, 9.17) is 4.74 Å². The molecule has 14 heavy (non-hydrogen) atoms. The zero-order chi connectivity index (χ0) is 10.7. The van der Waals surface area contributed by atoms with E-state index in [1.807, 2.05) is 0 Å². The number of Topliss-reactive ketones (excluding diaryl/α,β-unsaturated/α-hetero) is 1. The number of hydrogen-bond donors (Lipinski definition) is 0. The SMILES string of the molecule is COc1c(Br)ccc(C=O)c1C(C)=O. The molecule has 0 aromatic heterocycles. The van der Waals surface area contributed by atoms with Crippen LogP contribution in [0.3, 0.4) is 0 Å². The summed E-state index contributed by atoms with van der Waals surface area (Å²) in [6, 6.07) is 3.26. The molecular weight excluding hydrogens is 248 g/mol. The summed E-state index contributed by atoms with van der Waals surface area (Å²) >= 11 is 3.25. The van der Waals surface area contributed by atoms with E-state index in [2.05, 4.69) is 15.9 Å². The van der Waals surface area contributed by atoms with Crippen LogP contribution < -0.4 is 4.74 Å². The smallest absolute Gasteiger partial charge is 0.164 e. The molecular formula is C10H9BrO3. The lowest BCUT2D eigenvalue weighted by Gasteiger charge is -2.09. The van der Waals surface area contributed by atoms with E-state index in [1.54, 1.807) is 12.1 Å². The molecule has 0 atom stereocenters. The van der Waals surface area contributed by atoms with E-state index in [0.717, 1.165) is 0 Å². The molecule has 4 heteroatoms. The van der Waals surface area contributed by atoms with Crippen molar-refractivity contribution in [2.75, 3.05) is 7.11 Å². The maximum Gasteiger partial charge on any atom is 0.164 e. The molecule has 74 valence electrons. The first kappa shape index (κ1) is 10.9. The predicted molar refractivity (Wildman–Crippen MR) is 56.1 cm³/mol. The first-order valence-electron chi connectivity index (χ1n) is 3.94. The van der Waals surface area contributed by atoms with Gasteiger partial charge in [0.2, 0.25) is 0 Å². The molecule has 0 aliphatic rings. The number of carbonyl (C=O) groups excluding carboxylic acids is 2. The largest absolute Gasteiger partial charge is 0.495 e. The summed E-state index contributed by atoms with van der Waals surface area (Å²) in [7, 11) is 1.46. The number of carbonyl (C=O) groups is 2. The summed E-state index contributed by atoms with van der Waals surface area (Å²) in [5.74, 6) is 0.215. The third-order valence-corrected chi connectivity index (χ3v) is 2.45. The highest BCUT2D eigenvalue weighted by atomic mass is 79.9. The number of ether oxygens (including phenoxy) is 1. The van der Waals surface area contributed by atoms with Crippen molar-refractivity contribution in [2.45, 2.75) is 6.92 Å². The Labute approximate surface area is 90.2 Å². The lowest BCUT2D eigenvalue weighted by molar-refractivity contribution is 0.100. The van der Waals surface area contributed by atoms with Crippen LogP contribution in [0, 0.1) is 0 Å². The Morgan fingerprint density at radius 1 is 1.50 bits per heavy atom. The summed E-state index contributed by atoms with van der Waals surface area (Å²) in [6.07, 6.45) is 0.645. The van der Waals surface area contributed by atoms with Gasteiger partial charge in [-0.15, -0.1) is 0 Å². The van der Waals surface area contributed by atoms with Crippen LogP contribution >= 0.6 is 15.9 Å². The fourth-order valence-electron chi connectivity index (χ4n) is 1.23. The molecule has 0 saturated heterocycles. The van der Waals surface area contributed by atoms with Gasteiger partial charge in [-0.25, -0.2) is 0 Å². The maximum atomic E-state index is 11.3. The Morgan fingerprint density at radius 3 is 2.57 bits per heavy atom. The molecule has 1 rings (SSSR count). The second-order valence-corrected chi connectivity index (χ2v) is 3.57. The van der Waals surface area contributed by atoms with Gasteiger partial charge in [0.15, 0.2) is 12.1 Å². The van der Waals surface area contributed by atoms with E-state index in [1.165, 1.54) is 14.0 Å². The van der Waals surface area contributed by atoms with E-state index in [0.29, 0.717) is 27.6 Å². The van der Waals surface area contributed by atoms with Crippen molar-refractivity contribution in [1.82, 2.24) is 0 Å². The minimum atomic E-state index is -0.190. The van der Waals surface area contributed by atoms with Gasteiger partial charge in [0.1, 0.15) is 5.75 Å². The number of halogens is 1. The zero-order valence-corrected chi connectivity index (χ0v) is 9.42. The lowest BCUT2D eigenvalue weighted by atomic mass is 10.0. The highest BCUT2D eigenvalue weighted by Gasteiger charge is 2.15. The van der Waals surface area contributed by atoms with Crippen molar-refractivity contribution in [3.05, 3.63) is 27.7 Å². The highest BCUT2D eigenvalue weighted by Crippen LogP contribution is 2.31. The van der Waals surface area contributed by atoms with Gasteiger partial charge < -0.3 is 4.74 Å². The standard InChI is InChI=1S/C10H9BrO3/c1-6(13)9-7(5-12)3-4-8(11)10(9)14-2/h3-5H,1-2H3. The molecule has 0 bridgehead atoms. The van der Waals surface area contributed by atoms with Crippen molar-refractivity contribution in [1.29, 1.82) is 0 Å². The number of benzene rings is 1. The molecule has 1 aromatic rings. The van der Waals surface area contributed by atoms with Crippen LogP contribution in [-0.4, -0.2) is 19.2 Å². The zero-order valence-electron chi connectivity index (χ0n) is 7.83. The van der Waals surface area contributed by atoms with Crippen molar-refractivity contribution in [3.8, 4) is 5.75 Å². The number of aldehydes is 1. The summed E-state index contributed by atoms with van der Waals surface area (Å²) < 4.78 is 5.72. The van der Waals surface area contributed by atoms with Gasteiger partial charge >= 0.3 is 0 Å². The van der Waals surface area contributed by atoms with Crippen LogP contribution in [0.1, 0.15) is 27.6 Å². The quantitative estimate of drug-likeness (QED) is 0.617. The molecule has 0 aliphatic heterocycles. The van der Waals surface area contributed by atoms with Crippen LogP contribution in [0.5, 0.6) is 5.75 Å². The van der Waals surface area contributed by atoms with Gasteiger partial charge in [-0.1, -0.05) is 0 Å². The summed E-state index contributed by atoms with van der Waals surface area (Å²) in [5, 5.41) is 0. The molecule has 1 aromatic carbocycles. The van der Waals surface area contributed by atoms with Crippen LogP contribution in [0.25, 0.3) is 0 Å². The number of rotatable bonds is 3. The van der Waals surface area contributed by atoms with Crippen molar-refractivity contribution in [3.63, 3.8) is 0 Å². The number of ketones is 1. The molecule has 0 N–H and O–H groups in total. The van der Waals surface area contributed by atoms with E-state index in [9.17, 15) is 9.59 Å². The molecule has 0 spiro atoms. The van der Waals surface area contributed by atoms with Gasteiger partial charge in [0.05, 0.1) is 17.1 Å². The van der Waals surface area contributed by atoms with E-state index in [-0.39, 0.29) is 5.78 Å². The lowest BCUT2D eigenvalue weighted by Crippen LogP contribution is -2.03. The first-order valence-corrected chi connectivity index (χ1v) is 4.73. The Bertz CT molecular complexity index is 385. The summed E-state index contributed by atoms with van der Waals surface area (Å²) in [4.78, 5) is 22.0. The fourth-order valence-corrected chi connectivity index (χ4v) is 1.73. The second-order valence-electron chi connectivity index (χ2n) is 2.72. The topological polar surface area (TPSA) is 43.4 Å². The molecule has 0 amide bonds. The second kappa shape index (κ2) is 4.37. The number of hydrogen-bond acceptors (Lipinski definition) is 3. The van der Waals surface area contributed by atoms with E-state index >= 15 is 0 Å². The molecule has 0 heterocycles. The average Bonchev–Trinajstić information content (AvgIpc) is 2.17. The minimum Gasteiger partial charge on any atom is -0.495 e. The van der Waals surface area contributed by atoms with Gasteiger partial charge in [-0.3, -0.25) is 9.59 Å². The maximum absolute atomic E-state index is 11.3. The predicted octanol–water partition coefficient (Wildman–Crippen LogP) is 2.47. The van der Waals surface area contributed by atoms with Crippen molar-refractivity contribution >= 4 is 28.0 Å². The highest BCUT2D eigenvalue weighted by molar-refractivity contribution is 9.10. The minimum absolute atomic E-state index is 0.190. The summed E-state index contributed by atoms with van der Waals surface area (Å²) in [5.41, 5.74) is 0.662. The van der Waals surface area contributed by atoms with Gasteiger partial charge in [0, 0.05) is 5.56 Å². The van der Waals surface area contributed by atoms with Crippen molar-refractivity contribution in [2.24, 2.45) is 0 Å². The number of methoxy groups -OCH3 is 1. The Kier molecular flexibility index (Phi) is 3.41. The van der Waals surface area contributed by atoms with Gasteiger partial charge in [-0.2, -0.15) is 0 Å². The first-order chi connectivity index (χ1) is 6.61. The molecule has 3 nitrogen and oxygen atoms in total. The molecule has 0 radical (unpaired) electrons. The summed E-state index contributed by atoms with van der Waals surface area (Å²) in [6.45, 7) is 1.40. The average molecular weight is 257 g/mol. The Hall–Kier alpha value is -1.16. The monoisotopic (exact) mass is 256 g/mol. The van der Waals surface area contributed by atoms with Gasteiger partial charge in [0.25, 0.3) is 0 Å². The van der Waals surface area contributed by atoms with E-state index < -0.39 is 0 Å². The molecule has 0 aliphatic carbocycles. The molecule has 0 fully saturated rings. The molecule has 0 unspecified atom stereocenters. The normalized spacial score (nSPS) is 9.64. The van der Waals surface area contributed by atoms with Crippen LogP contribution in [0.15, 0.2) is 16.6 Å². The molecule has 0 saturated carbocycles.